The van der Waals surface area contributed by atoms with Crippen LogP contribution in [-0.4, -0.2) is 4.57 Å². The van der Waals surface area contributed by atoms with Gasteiger partial charge in [0.15, 0.2) is 0 Å². The summed E-state index contributed by atoms with van der Waals surface area (Å²) in [5.74, 6) is 0. The van der Waals surface area contributed by atoms with Crippen LogP contribution in [0.3, 0.4) is 0 Å². The summed E-state index contributed by atoms with van der Waals surface area (Å²) in [6.45, 7) is 0. The Morgan fingerprint density at radius 1 is 0.350 bits per heavy atom. The van der Waals surface area contributed by atoms with Crippen LogP contribution in [0.15, 0.2) is 242 Å². The Labute approximate surface area is 360 Å². The highest BCUT2D eigenvalue weighted by Gasteiger charge is 2.21. The van der Waals surface area contributed by atoms with Crippen LogP contribution in [0.1, 0.15) is 9.60 Å². The summed E-state index contributed by atoms with van der Waals surface area (Å²) in [6.07, 6.45) is 0. The molecule has 0 atom stereocenters. The molecule has 0 aliphatic rings. The zero-order valence-corrected chi connectivity index (χ0v) is 32.4. The van der Waals surface area contributed by atoms with E-state index in [0.29, 0.717) is 5.56 Å². The second kappa shape index (κ2) is 15.1. The minimum absolute atomic E-state index is 0.0573. The van der Waals surface area contributed by atoms with Gasteiger partial charge in [-0.1, -0.05) is 188 Å². The lowest BCUT2D eigenvalue weighted by Crippen LogP contribution is -2.11. The summed E-state index contributed by atoms with van der Waals surface area (Å²) in [5.41, 5.74) is 13.4. The first-order valence-corrected chi connectivity index (χ1v) is 20.0. The number of benzene rings is 10. The van der Waals surface area contributed by atoms with Gasteiger partial charge in [-0.05, 0) is 104 Å². The molecule has 0 saturated carbocycles. The average Bonchev–Trinajstić information content (AvgIpc) is 3.73. The molecule has 2 heteroatoms. The van der Waals surface area contributed by atoms with E-state index < -0.39 is 12.1 Å². The molecule has 11 aromatic rings. The molecule has 0 bridgehead atoms. The van der Waals surface area contributed by atoms with Gasteiger partial charge in [0.25, 0.3) is 0 Å². The molecule has 60 heavy (non-hydrogen) atoms. The highest BCUT2D eigenvalue weighted by Crippen LogP contribution is 2.46. The molecular formula is C58H40N2. The molecule has 0 saturated heterocycles. The molecule has 0 amide bonds. The number of hydrogen-bond donors (Lipinski definition) is 0. The zero-order valence-electron chi connectivity index (χ0n) is 39.4. The Kier molecular flexibility index (Phi) is 7.16. The van der Waals surface area contributed by atoms with Gasteiger partial charge in [0.2, 0.25) is 0 Å². The molecule has 1 heterocycles. The molecule has 11 rings (SSSR count). The average molecular weight is 772 g/mol. The van der Waals surface area contributed by atoms with Gasteiger partial charge in [0.1, 0.15) is 0 Å². The van der Waals surface area contributed by atoms with Crippen molar-refractivity contribution in [2.75, 3.05) is 4.90 Å². The van der Waals surface area contributed by atoms with E-state index in [4.69, 9.17) is 9.60 Å². The van der Waals surface area contributed by atoms with Crippen LogP contribution in [0.4, 0.5) is 17.1 Å². The normalized spacial score (nSPS) is 13.0. The maximum Gasteiger partial charge on any atom is 0.0629 e. The number of hydrogen-bond acceptors (Lipinski definition) is 1. The van der Waals surface area contributed by atoms with E-state index in [0.717, 1.165) is 67.2 Å². The summed E-state index contributed by atoms with van der Waals surface area (Å²) >= 11 is 0. The second-order valence-corrected chi connectivity index (χ2v) is 14.8. The van der Waals surface area contributed by atoms with Gasteiger partial charge in [-0.2, -0.15) is 0 Å². The van der Waals surface area contributed by atoms with Crippen molar-refractivity contribution in [2.45, 2.75) is 0 Å². The largest absolute Gasteiger partial charge is 0.310 e. The minimum Gasteiger partial charge on any atom is -0.310 e. The summed E-state index contributed by atoms with van der Waals surface area (Å²) in [7, 11) is 0. The van der Waals surface area contributed by atoms with Crippen molar-refractivity contribution >= 4 is 49.6 Å². The fraction of sp³-hybridized carbons (Fsp3) is 0. The molecule has 0 aliphatic heterocycles. The molecule has 1 aromatic heterocycles. The molecule has 0 spiro atoms. The van der Waals surface area contributed by atoms with Crippen LogP contribution < -0.4 is 4.90 Å². The first-order valence-electron chi connectivity index (χ1n) is 23.5. The summed E-state index contributed by atoms with van der Waals surface area (Å²) in [4.78, 5) is 2.31. The maximum atomic E-state index is 8.84. The van der Waals surface area contributed by atoms with Gasteiger partial charge in [0.05, 0.1) is 26.3 Å². The van der Waals surface area contributed by atoms with Crippen LogP contribution in [0, 0.1) is 0 Å². The molecule has 0 fully saturated rings. The molecule has 0 radical (unpaired) electrons. The molecule has 282 valence electrons. The van der Waals surface area contributed by atoms with Crippen LogP contribution in [0.2, 0.25) is 0 Å². The quantitative estimate of drug-likeness (QED) is 0.149. The third kappa shape index (κ3) is 6.23. The number of anilines is 3. The lowest BCUT2D eigenvalue weighted by Gasteiger charge is -2.28. The standard InChI is InChI=1S/C58H40N2/c1-3-15-41(16-4-1)43-33-37-48(38-34-43)59(49-39-35-44(36-40-49)42-29-31-46(32-30-42)51-24-13-18-45-17-7-8-21-50(45)51)55-26-11-9-22-52(55)53-25-14-28-57-58(53)54-23-10-12-27-56(54)60(57)47-19-5-2-6-20-47/h1-40H/i7D,8D,13D,17D,18D,21D,24D. The van der Waals surface area contributed by atoms with Crippen molar-refractivity contribution in [3.63, 3.8) is 0 Å². The summed E-state index contributed by atoms with van der Waals surface area (Å²) < 4.78 is 62.1. The molecule has 0 N–H and O–H groups in total. The number of para-hydroxylation sites is 3. The number of rotatable bonds is 8. The lowest BCUT2D eigenvalue weighted by molar-refractivity contribution is 1.18. The minimum atomic E-state index is -0.469. The fourth-order valence-corrected chi connectivity index (χ4v) is 8.52. The Morgan fingerprint density at radius 3 is 1.62 bits per heavy atom. The first-order chi connectivity index (χ1) is 32.7. The third-order valence-corrected chi connectivity index (χ3v) is 11.3. The third-order valence-electron chi connectivity index (χ3n) is 11.3. The van der Waals surface area contributed by atoms with Crippen molar-refractivity contribution in [1.82, 2.24) is 4.57 Å². The van der Waals surface area contributed by atoms with Gasteiger partial charge >= 0.3 is 0 Å². The van der Waals surface area contributed by atoms with Crippen LogP contribution in [0.25, 0.3) is 82.8 Å². The lowest BCUT2D eigenvalue weighted by atomic mass is 9.95. The van der Waals surface area contributed by atoms with Crippen LogP contribution in [-0.2, 0) is 0 Å². The van der Waals surface area contributed by atoms with Crippen molar-refractivity contribution in [2.24, 2.45) is 0 Å². The van der Waals surface area contributed by atoms with Crippen molar-refractivity contribution in [3.8, 4) is 50.2 Å². The summed E-state index contributed by atoms with van der Waals surface area (Å²) in [5, 5.41) is 2.36. The summed E-state index contributed by atoms with van der Waals surface area (Å²) in [6, 6.07) is 66.6. The van der Waals surface area contributed by atoms with E-state index in [9.17, 15) is 0 Å². The Balaban J connectivity index is 1.03. The SMILES string of the molecule is [2H]c1c([2H])c([2H])c2c(-c3ccc(-c4ccc(N(c5ccc(-c6ccccc6)cc5)c5ccccc5-c5cccc6c5c5ccccc5n6-c5ccccc5)cc4)cc3)c([2H])c([2H])c([2H])c2c1[2H]. The number of nitrogens with zero attached hydrogens (tertiary/aromatic N) is 2. The second-order valence-electron chi connectivity index (χ2n) is 14.8. The fourth-order valence-electron chi connectivity index (χ4n) is 8.52. The van der Waals surface area contributed by atoms with E-state index in [2.05, 4.69) is 173 Å². The van der Waals surface area contributed by atoms with E-state index >= 15 is 0 Å². The molecule has 0 unspecified atom stereocenters. The van der Waals surface area contributed by atoms with Crippen LogP contribution >= 0.6 is 0 Å². The molecule has 0 aliphatic carbocycles. The van der Waals surface area contributed by atoms with Gasteiger partial charge in [-0.25, -0.2) is 0 Å². The van der Waals surface area contributed by atoms with Crippen molar-refractivity contribution < 1.29 is 9.60 Å². The van der Waals surface area contributed by atoms with Gasteiger partial charge in [-0.15, -0.1) is 0 Å². The first kappa shape index (κ1) is 28.5. The Morgan fingerprint density at radius 2 is 0.883 bits per heavy atom. The Bertz CT molecular complexity index is 3680. The molecule has 10 aromatic carbocycles. The predicted molar refractivity (Wildman–Crippen MR) is 255 cm³/mol. The highest BCUT2D eigenvalue weighted by atomic mass is 15.1. The van der Waals surface area contributed by atoms with Crippen molar-refractivity contribution in [1.29, 1.82) is 0 Å². The highest BCUT2D eigenvalue weighted by molar-refractivity contribution is 6.17. The van der Waals surface area contributed by atoms with Crippen molar-refractivity contribution in [3.05, 3.63) is 242 Å². The monoisotopic (exact) mass is 771 g/mol. The molecule has 2 nitrogen and oxygen atoms in total. The van der Waals surface area contributed by atoms with E-state index in [1.807, 2.05) is 36.4 Å². The number of fused-ring (bicyclic) bond motifs is 4. The predicted octanol–water partition coefficient (Wildman–Crippen LogP) is 16.1. The number of aromatic nitrogens is 1. The molecular weight excluding hydrogens is 725 g/mol. The topological polar surface area (TPSA) is 8.17 Å². The van der Waals surface area contributed by atoms with Gasteiger partial charge in [0, 0.05) is 33.4 Å². The van der Waals surface area contributed by atoms with E-state index in [1.165, 1.54) is 10.8 Å². The van der Waals surface area contributed by atoms with Crippen LogP contribution in [0.5, 0.6) is 0 Å². The Hall–Kier alpha value is -7.94. The van der Waals surface area contributed by atoms with E-state index in [-0.39, 0.29) is 46.5 Å². The zero-order chi connectivity index (χ0) is 45.9. The van der Waals surface area contributed by atoms with E-state index in [1.54, 1.807) is 0 Å². The smallest absolute Gasteiger partial charge is 0.0629 e. The van der Waals surface area contributed by atoms with Gasteiger partial charge in [-0.3, -0.25) is 0 Å². The maximum absolute atomic E-state index is 8.84. The van der Waals surface area contributed by atoms with Gasteiger partial charge < -0.3 is 9.47 Å².